The highest BCUT2D eigenvalue weighted by Crippen LogP contribution is 2.25. The number of imidazole rings is 1. The van der Waals surface area contributed by atoms with E-state index in [1.807, 2.05) is 48.0 Å². The second-order valence-corrected chi connectivity index (χ2v) is 5.37. The average molecular weight is 338 g/mol. The van der Waals surface area contributed by atoms with Crippen molar-refractivity contribution in [3.63, 3.8) is 0 Å². The predicted molar refractivity (Wildman–Crippen MR) is 82.0 cm³/mol. The molecule has 0 fully saturated rings. The standard InChI is InChI=1S/C13H16BrN5O/c1-18-6-5-16-12(18)8-19(2)11-7-9(14)3-4-10(11)13(15)17-20/h3-7,20H,8H2,1-2H3,(H2,15,17). The quantitative estimate of drug-likeness (QED) is 0.386. The van der Waals surface area contributed by atoms with Gasteiger partial charge >= 0.3 is 0 Å². The first-order valence-corrected chi connectivity index (χ1v) is 6.77. The molecule has 0 atom stereocenters. The van der Waals surface area contributed by atoms with Crippen molar-refractivity contribution in [1.82, 2.24) is 9.55 Å². The zero-order chi connectivity index (χ0) is 14.7. The Morgan fingerprint density at radius 3 is 2.90 bits per heavy atom. The first-order chi connectivity index (χ1) is 9.52. The predicted octanol–water partition coefficient (Wildman–Crippen LogP) is 1.91. The Kier molecular flexibility index (Phi) is 4.29. The molecule has 1 aromatic carbocycles. The van der Waals surface area contributed by atoms with Crippen LogP contribution >= 0.6 is 15.9 Å². The number of halogens is 1. The summed E-state index contributed by atoms with van der Waals surface area (Å²) in [5.41, 5.74) is 7.26. The van der Waals surface area contributed by atoms with Gasteiger partial charge in [0, 0.05) is 42.2 Å². The largest absolute Gasteiger partial charge is 0.409 e. The zero-order valence-corrected chi connectivity index (χ0v) is 12.9. The first kappa shape index (κ1) is 14.4. The van der Waals surface area contributed by atoms with Gasteiger partial charge in [-0.05, 0) is 18.2 Å². The second-order valence-electron chi connectivity index (χ2n) is 4.46. The van der Waals surface area contributed by atoms with E-state index in [1.54, 1.807) is 6.20 Å². The van der Waals surface area contributed by atoms with Crippen LogP contribution in [0.15, 0.2) is 40.2 Å². The monoisotopic (exact) mass is 337 g/mol. The van der Waals surface area contributed by atoms with Crippen LogP contribution in [-0.4, -0.2) is 27.6 Å². The molecule has 6 nitrogen and oxygen atoms in total. The van der Waals surface area contributed by atoms with Crippen LogP contribution in [0.2, 0.25) is 0 Å². The van der Waals surface area contributed by atoms with E-state index < -0.39 is 0 Å². The Morgan fingerprint density at radius 1 is 1.55 bits per heavy atom. The van der Waals surface area contributed by atoms with Crippen LogP contribution in [0.4, 0.5) is 5.69 Å². The molecule has 2 rings (SSSR count). The van der Waals surface area contributed by atoms with Gasteiger partial charge in [0.2, 0.25) is 0 Å². The van der Waals surface area contributed by atoms with Gasteiger partial charge in [0.15, 0.2) is 5.84 Å². The Labute approximate surface area is 125 Å². The number of hydrogen-bond acceptors (Lipinski definition) is 4. The summed E-state index contributed by atoms with van der Waals surface area (Å²) >= 11 is 3.44. The van der Waals surface area contributed by atoms with Gasteiger partial charge in [-0.1, -0.05) is 21.1 Å². The molecule has 0 aliphatic heterocycles. The van der Waals surface area contributed by atoms with Crippen molar-refractivity contribution in [2.45, 2.75) is 6.54 Å². The third-order valence-corrected chi connectivity index (χ3v) is 3.55. The summed E-state index contributed by atoms with van der Waals surface area (Å²) in [7, 11) is 3.88. The normalized spacial score (nSPS) is 11.7. The summed E-state index contributed by atoms with van der Waals surface area (Å²) in [5, 5.41) is 12.0. The van der Waals surface area contributed by atoms with Gasteiger partial charge in [-0.25, -0.2) is 4.98 Å². The fraction of sp³-hybridized carbons (Fsp3) is 0.231. The van der Waals surface area contributed by atoms with Crippen LogP contribution < -0.4 is 10.6 Å². The topological polar surface area (TPSA) is 79.7 Å². The third-order valence-electron chi connectivity index (χ3n) is 3.05. The summed E-state index contributed by atoms with van der Waals surface area (Å²) in [4.78, 5) is 6.30. The molecular weight excluding hydrogens is 322 g/mol. The molecule has 7 heteroatoms. The van der Waals surface area contributed by atoms with E-state index >= 15 is 0 Å². The molecule has 20 heavy (non-hydrogen) atoms. The van der Waals surface area contributed by atoms with Crippen LogP contribution in [0.1, 0.15) is 11.4 Å². The molecule has 3 N–H and O–H groups in total. The number of aromatic nitrogens is 2. The molecule has 1 heterocycles. The summed E-state index contributed by atoms with van der Waals surface area (Å²) in [6.45, 7) is 0.617. The van der Waals surface area contributed by atoms with E-state index in [1.165, 1.54) is 0 Å². The fourth-order valence-electron chi connectivity index (χ4n) is 1.94. The average Bonchev–Trinajstić information content (AvgIpc) is 2.83. The molecule has 0 spiro atoms. The Hall–Kier alpha value is -2.02. The van der Waals surface area contributed by atoms with Crippen molar-refractivity contribution in [3.8, 4) is 0 Å². The van der Waals surface area contributed by atoms with Crippen molar-refractivity contribution in [2.24, 2.45) is 17.9 Å². The highest BCUT2D eigenvalue weighted by molar-refractivity contribution is 9.10. The van der Waals surface area contributed by atoms with Gasteiger partial charge in [-0.3, -0.25) is 0 Å². The maximum atomic E-state index is 8.88. The summed E-state index contributed by atoms with van der Waals surface area (Å²) in [6.07, 6.45) is 3.66. The van der Waals surface area contributed by atoms with Crippen molar-refractivity contribution in [1.29, 1.82) is 0 Å². The Bertz CT molecular complexity index is 637. The number of nitrogens with two attached hydrogens (primary N) is 1. The maximum Gasteiger partial charge on any atom is 0.172 e. The molecule has 1 aromatic heterocycles. The molecule has 0 amide bonds. The van der Waals surface area contributed by atoms with E-state index in [4.69, 9.17) is 10.9 Å². The number of rotatable bonds is 4. The fourth-order valence-corrected chi connectivity index (χ4v) is 2.29. The first-order valence-electron chi connectivity index (χ1n) is 5.97. The lowest BCUT2D eigenvalue weighted by molar-refractivity contribution is 0.318. The molecular formula is C13H16BrN5O. The SMILES string of the molecule is CN(Cc1nccn1C)c1cc(Br)ccc1/C(N)=N/O. The van der Waals surface area contributed by atoms with Gasteiger partial charge in [-0.2, -0.15) is 0 Å². The third kappa shape index (κ3) is 2.93. The molecule has 0 aliphatic carbocycles. The van der Waals surface area contributed by atoms with Crippen LogP contribution in [0.5, 0.6) is 0 Å². The minimum absolute atomic E-state index is 0.0826. The van der Waals surface area contributed by atoms with Gasteiger partial charge in [-0.15, -0.1) is 0 Å². The summed E-state index contributed by atoms with van der Waals surface area (Å²) < 4.78 is 2.88. The maximum absolute atomic E-state index is 8.88. The van der Waals surface area contributed by atoms with Crippen molar-refractivity contribution >= 4 is 27.5 Å². The van der Waals surface area contributed by atoms with E-state index in [0.717, 1.165) is 16.0 Å². The molecule has 0 unspecified atom stereocenters. The smallest absolute Gasteiger partial charge is 0.172 e. The van der Waals surface area contributed by atoms with Crippen molar-refractivity contribution in [2.75, 3.05) is 11.9 Å². The van der Waals surface area contributed by atoms with Crippen LogP contribution in [0, 0.1) is 0 Å². The number of oxime groups is 1. The second kappa shape index (κ2) is 5.96. The number of aryl methyl sites for hydroxylation is 1. The number of hydrogen-bond donors (Lipinski definition) is 2. The summed E-state index contributed by atoms with van der Waals surface area (Å²) in [6, 6.07) is 5.59. The lowest BCUT2D eigenvalue weighted by Gasteiger charge is -2.22. The molecule has 0 saturated heterocycles. The van der Waals surface area contributed by atoms with Crippen molar-refractivity contribution in [3.05, 3.63) is 46.5 Å². The van der Waals surface area contributed by atoms with Gasteiger partial charge in [0.1, 0.15) is 5.82 Å². The number of amidine groups is 1. The zero-order valence-electron chi connectivity index (χ0n) is 11.3. The molecule has 0 saturated carbocycles. The molecule has 106 valence electrons. The van der Waals surface area contributed by atoms with Crippen LogP contribution in [0.25, 0.3) is 0 Å². The number of anilines is 1. The van der Waals surface area contributed by atoms with Gasteiger partial charge < -0.3 is 20.4 Å². The summed E-state index contributed by atoms with van der Waals surface area (Å²) in [5.74, 6) is 1.01. The van der Waals surface area contributed by atoms with E-state index in [2.05, 4.69) is 26.1 Å². The van der Waals surface area contributed by atoms with E-state index in [-0.39, 0.29) is 5.84 Å². The lowest BCUT2D eigenvalue weighted by Crippen LogP contribution is -2.24. The van der Waals surface area contributed by atoms with Crippen molar-refractivity contribution < 1.29 is 5.21 Å². The molecule has 2 aromatic rings. The highest BCUT2D eigenvalue weighted by atomic mass is 79.9. The number of nitrogens with zero attached hydrogens (tertiary/aromatic N) is 4. The Morgan fingerprint density at radius 2 is 2.30 bits per heavy atom. The van der Waals surface area contributed by atoms with Gasteiger partial charge in [0.05, 0.1) is 6.54 Å². The van der Waals surface area contributed by atoms with E-state index in [9.17, 15) is 0 Å². The van der Waals surface area contributed by atoms with Gasteiger partial charge in [0.25, 0.3) is 0 Å². The molecule has 0 radical (unpaired) electrons. The Balaban J connectivity index is 2.36. The lowest BCUT2D eigenvalue weighted by atomic mass is 10.1. The minimum Gasteiger partial charge on any atom is -0.409 e. The molecule has 0 bridgehead atoms. The van der Waals surface area contributed by atoms with E-state index in [0.29, 0.717) is 12.1 Å². The highest BCUT2D eigenvalue weighted by Gasteiger charge is 2.13. The number of benzene rings is 1. The minimum atomic E-state index is 0.0826. The van der Waals surface area contributed by atoms with Crippen LogP contribution in [-0.2, 0) is 13.6 Å². The van der Waals surface area contributed by atoms with Crippen LogP contribution in [0.3, 0.4) is 0 Å². The molecule has 0 aliphatic rings.